The molecule has 0 amide bonds. The van der Waals surface area contributed by atoms with Gasteiger partial charge in [0.1, 0.15) is 17.4 Å². The molecule has 4 rings (SSSR count). The molecule has 0 unspecified atom stereocenters. The number of benzene rings is 1. The number of hydrogen-bond donors (Lipinski definition) is 1. The van der Waals surface area contributed by atoms with Crippen LogP contribution in [0.1, 0.15) is 49.4 Å². The minimum atomic E-state index is -0.746. The van der Waals surface area contributed by atoms with E-state index in [2.05, 4.69) is 6.07 Å². The third kappa shape index (κ3) is 4.16. The fraction of sp³-hybridized carbons (Fsp3) is 0.440. The van der Waals surface area contributed by atoms with Crippen LogP contribution in [-0.2, 0) is 11.3 Å². The lowest BCUT2D eigenvalue weighted by Crippen LogP contribution is -2.35. The van der Waals surface area contributed by atoms with Crippen LogP contribution >= 0.6 is 0 Å². The van der Waals surface area contributed by atoms with Gasteiger partial charge in [-0.1, -0.05) is 12.1 Å². The van der Waals surface area contributed by atoms with Crippen molar-refractivity contribution in [2.75, 3.05) is 19.8 Å². The third-order valence-corrected chi connectivity index (χ3v) is 6.01. The van der Waals surface area contributed by atoms with E-state index >= 15 is 0 Å². The maximum absolute atomic E-state index is 13.8. The number of para-hydroxylation sites is 1. The van der Waals surface area contributed by atoms with Crippen LogP contribution in [0.2, 0.25) is 0 Å². The van der Waals surface area contributed by atoms with Gasteiger partial charge in [-0.15, -0.1) is 0 Å². The lowest BCUT2D eigenvalue weighted by atomic mass is 9.83. The Bertz CT molecular complexity index is 1170. The molecule has 1 aromatic carbocycles. The predicted molar refractivity (Wildman–Crippen MR) is 122 cm³/mol. The number of fused-ring (bicyclic) bond motifs is 1. The van der Waals surface area contributed by atoms with Crippen molar-refractivity contribution in [2.45, 2.75) is 52.2 Å². The van der Waals surface area contributed by atoms with E-state index in [1.165, 1.54) is 0 Å². The number of nitrogens with zero attached hydrogens (tertiary/aromatic N) is 2. The Labute approximate surface area is 193 Å². The van der Waals surface area contributed by atoms with E-state index in [-0.39, 0.29) is 23.1 Å². The molecule has 0 spiro atoms. The number of allylic oxidation sites excluding steroid dienone is 1. The van der Waals surface area contributed by atoms with Crippen molar-refractivity contribution in [2.24, 2.45) is 5.73 Å². The Morgan fingerprint density at radius 1 is 1.27 bits per heavy atom. The summed E-state index contributed by atoms with van der Waals surface area (Å²) in [5, 5.41) is 9.99. The SMILES string of the molecule is CCOc1cccc([C@H]2C(C#N)=C(N)Oc3cc(C)n(C[C@@H]4CCCO4)c(=O)c32)c1OCC. The zero-order chi connectivity index (χ0) is 23.5. The minimum Gasteiger partial charge on any atom is -0.490 e. The number of aryl methyl sites for hydroxylation is 1. The summed E-state index contributed by atoms with van der Waals surface area (Å²) in [6.07, 6.45) is 1.87. The van der Waals surface area contributed by atoms with Gasteiger partial charge in [0.05, 0.1) is 37.3 Å². The van der Waals surface area contributed by atoms with Gasteiger partial charge in [0.2, 0.25) is 5.88 Å². The number of rotatable bonds is 7. The van der Waals surface area contributed by atoms with E-state index in [4.69, 9.17) is 24.7 Å². The second-order valence-corrected chi connectivity index (χ2v) is 8.08. The van der Waals surface area contributed by atoms with Crippen LogP contribution in [0.3, 0.4) is 0 Å². The number of ether oxygens (including phenoxy) is 4. The normalized spacial score (nSPS) is 19.6. The Morgan fingerprint density at radius 2 is 2.06 bits per heavy atom. The van der Waals surface area contributed by atoms with Gasteiger partial charge < -0.3 is 29.2 Å². The highest BCUT2D eigenvalue weighted by atomic mass is 16.5. The molecule has 174 valence electrons. The molecule has 8 nitrogen and oxygen atoms in total. The van der Waals surface area contributed by atoms with Gasteiger partial charge in [-0.2, -0.15) is 5.26 Å². The maximum Gasteiger partial charge on any atom is 0.258 e. The van der Waals surface area contributed by atoms with Crippen molar-refractivity contribution in [3.63, 3.8) is 0 Å². The number of nitriles is 1. The van der Waals surface area contributed by atoms with Crippen molar-refractivity contribution in [1.82, 2.24) is 4.57 Å². The van der Waals surface area contributed by atoms with E-state index in [0.29, 0.717) is 54.7 Å². The third-order valence-electron chi connectivity index (χ3n) is 6.01. The summed E-state index contributed by atoms with van der Waals surface area (Å²) in [4.78, 5) is 13.8. The Kier molecular flexibility index (Phi) is 6.61. The molecular formula is C25H29N3O5. The van der Waals surface area contributed by atoms with Gasteiger partial charge in [-0.05, 0) is 39.7 Å². The topological polar surface area (TPSA) is 109 Å². The highest BCUT2D eigenvalue weighted by molar-refractivity contribution is 5.60. The van der Waals surface area contributed by atoms with Crippen molar-refractivity contribution in [3.05, 3.63) is 62.9 Å². The summed E-state index contributed by atoms with van der Waals surface area (Å²) in [5.74, 6) is 0.629. The first-order valence-electron chi connectivity index (χ1n) is 11.3. The fourth-order valence-corrected chi connectivity index (χ4v) is 4.54. The van der Waals surface area contributed by atoms with Crippen molar-refractivity contribution in [1.29, 1.82) is 5.26 Å². The molecule has 8 heteroatoms. The molecule has 0 saturated carbocycles. The molecule has 2 aliphatic rings. The molecule has 2 atom stereocenters. The molecule has 1 aromatic heterocycles. The highest BCUT2D eigenvalue weighted by Crippen LogP contribution is 2.46. The van der Waals surface area contributed by atoms with Gasteiger partial charge in [0.25, 0.3) is 5.56 Å². The second-order valence-electron chi connectivity index (χ2n) is 8.08. The smallest absolute Gasteiger partial charge is 0.258 e. The molecule has 2 aliphatic heterocycles. The van der Waals surface area contributed by atoms with Crippen molar-refractivity contribution < 1.29 is 18.9 Å². The lowest BCUT2D eigenvalue weighted by molar-refractivity contribution is 0.0954. The van der Waals surface area contributed by atoms with Gasteiger partial charge in [0.15, 0.2) is 11.5 Å². The average molecular weight is 452 g/mol. The molecule has 0 aliphatic carbocycles. The number of pyridine rings is 1. The molecule has 0 bridgehead atoms. The standard InChI is InChI=1S/C25H29N3O5/c1-4-30-19-10-6-9-17(23(19)31-5-2)21-18(13-26)24(27)33-20-12-15(3)28(25(29)22(20)21)14-16-8-7-11-32-16/h6,9-10,12,16,21H,4-5,7-8,11,14,27H2,1-3H3/t16-,21-/m0/s1. The van der Waals surface area contributed by atoms with Crippen molar-refractivity contribution in [3.8, 4) is 23.3 Å². The molecule has 1 fully saturated rings. The first-order chi connectivity index (χ1) is 16.0. The monoisotopic (exact) mass is 451 g/mol. The maximum atomic E-state index is 13.8. The largest absolute Gasteiger partial charge is 0.490 e. The van der Waals surface area contributed by atoms with E-state index in [0.717, 1.165) is 18.5 Å². The lowest BCUT2D eigenvalue weighted by Gasteiger charge is -2.29. The number of hydrogen-bond acceptors (Lipinski definition) is 7. The molecule has 2 N–H and O–H groups in total. The quantitative estimate of drug-likeness (QED) is 0.688. The summed E-state index contributed by atoms with van der Waals surface area (Å²) in [6, 6.07) is 9.42. The van der Waals surface area contributed by atoms with Crippen LogP contribution < -0.4 is 25.5 Å². The van der Waals surface area contributed by atoms with Gasteiger partial charge in [0, 0.05) is 23.9 Å². The Balaban J connectivity index is 1.94. The summed E-state index contributed by atoms with van der Waals surface area (Å²) in [6.45, 7) is 7.61. The average Bonchev–Trinajstić information content (AvgIpc) is 3.30. The summed E-state index contributed by atoms with van der Waals surface area (Å²) in [5.41, 5.74) is 7.84. The molecular weight excluding hydrogens is 422 g/mol. The number of aromatic nitrogens is 1. The first-order valence-corrected chi connectivity index (χ1v) is 11.3. The molecule has 2 aromatic rings. The zero-order valence-corrected chi connectivity index (χ0v) is 19.2. The van der Waals surface area contributed by atoms with Crippen LogP contribution in [0, 0.1) is 18.3 Å². The van der Waals surface area contributed by atoms with Gasteiger partial charge >= 0.3 is 0 Å². The molecule has 3 heterocycles. The predicted octanol–water partition coefficient (Wildman–Crippen LogP) is 3.35. The van der Waals surface area contributed by atoms with Crippen LogP contribution in [0.4, 0.5) is 0 Å². The fourth-order valence-electron chi connectivity index (χ4n) is 4.54. The molecule has 0 radical (unpaired) electrons. The zero-order valence-electron chi connectivity index (χ0n) is 19.2. The summed E-state index contributed by atoms with van der Waals surface area (Å²) >= 11 is 0. The highest BCUT2D eigenvalue weighted by Gasteiger charge is 2.37. The Hall–Kier alpha value is -3.44. The number of nitrogens with two attached hydrogens (primary N) is 1. The first kappa shape index (κ1) is 22.7. The summed E-state index contributed by atoms with van der Waals surface area (Å²) in [7, 11) is 0. The summed E-state index contributed by atoms with van der Waals surface area (Å²) < 4.78 is 25.0. The van der Waals surface area contributed by atoms with E-state index < -0.39 is 5.92 Å². The minimum absolute atomic E-state index is 0.0151. The molecule has 1 saturated heterocycles. The van der Waals surface area contributed by atoms with Crippen LogP contribution in [0.25, 0.3) is 0 Å². The van der Waals surface area contributed by atoms with E-state index in [1.54, 1.807) is 10.6 Å². The van der Waals surface area contributed by atoms with Gasteiger partial charge in [-0.25, -0.2) is 0 Å². The van der Waals surface area contributed by atoms with Crippen LogP contribution in [0.5, 0.6) is 17.2 Å². The molecule has 33 heavy (non-hydrogen) atoms. The van der Waals surface area contributed by atoms with Gasteiger partial charge in [-0.3, -0.25) is 4.79 Å². The second kappa shape index (κ2) is 9.59. The Morgan fingerprint density at radius 3 is 2.73 bits per heavy atom. The van der Waals surface area contributed by atoms with E-state index in [9.17, 15) is 10.1 Å². The van der Waals surface area contributed by atoms with Crippen LogP contribution in [0.15, 0.2) is 40.5 Å². The van der Waals surface area contributed by atoms with Crippen molar-refractivity contribution >= 4 is 0 Å². The van der Waals surface area contributed by atoms with Crippen LogP contribution in [-0.4, -0.2) is 30.5 Å². The van der Waals surface area contributed by atoms with E-state index in [1.807, 2.05) is 39.0 Å².